The third-order valence-electron chi connectivity index (χ3n) is 5.17. The molecule has 0 saturated carbocycles. The lowest BCUT2D eigenvalue weighted by molar-refractivity contribution is -0.121. The second kappa shape index (κ2) is 17.3. The molecule has 6 N–H and O–H groups in total. The van der Waals surface area contributed by atoms with Crippen LogP contribution in [0.3, 0.4) is 0 Å². The molecule has 0 aliphatic rings. The van der Waals surface area contributed by atoms with Gasteiger partial charge in [-0.3, -0.25) is 29.1 Å². The van der Waals surface area contributed by atoms with Crippen LogP contribution in [0.4, 0.5) is 5.95 Å². The Balaban J connectivity index is 0.000000302. The van der Waals surface area contributed by atoms with E-state index < -0.39 is 11.2 Å². The summed E-state index contributed by atoms with van der Waals surface area (Å²) in [5.74, 6) is -0.137. The molecule has 0 spiro atoms. The SMILES string of the molecule is CN(C)CCOCCOCCNC(=O)CCn1ccc(=O)[nH]c1=O.Nc1nc2c(ncn2CCNC=O)c(=O)[nH]1. The Hall–Kier alpha value is -4.35. The Bertz CT molecular complexity index is 1380. The number of nitrogens with zero attached hydrogens (tertiary/aromatic N) is 5. The van der Waals surface area contributed by atoms with E-state index in [2.05, 4.69) is 30.6 Å². The number of aromatic amines is 2. The molecule has 0 saturated heterocycles. The van der Waals surface area contributed by atoms with Crippen molar-refractivity contribution in [2.75, 3.05) is 65.9 Å². The van der Waals surface area contributed by atoms with E-state index in [0.717, 1.165) is 6.54 Å². The predicted octanol–water partition coefficient (Wildman–Crippen LogP) is -2.91. The molecular formula is C23H36N10O7. The van der Waals surface area contributed by atoms with Crippen molar-refractivity contribution in [1.29, 1.82) is 0 Å². The molecule has 0 aliphatic carbocycles. The van der Waals surface area contributed by atoms with E-state index in [1.54, 1.807) is 4.57 Å². The van der Waals surface area contributed by atoms with E-state index >= 15 is 0 Å². The summed E-state index contributed by atoms with van der Waals surface area (Å²) >= 11 is 0. The van der Waals surface area contributed by atoms with Gasteiger partial charge in [-0.05, 0) is 14.1 Å². The van der Waals surface area contributed by atoms with Crippen molar-refractivity contribution in [2.45, 2.75) is 19.5 Å². The van der Waals surface area contributed by atoms with Gasteiger partial charge in [-0.2, -0.15) is 4.98 Å². The fraction of sp³-hybridized carbons (Fsp3) is 0.522. The molecule has 17 heteroatoms. The number of imidazole rings is 1. The zero-order valence-corrected chi connectivity index (χ0v) is 22.6. The Kier molecular flexibility index (Phi) is 13.8. The maximum Gasteiger partial charge on any atom is 0.328 e. The number of hydrogen-bond donors (Lipinski definition) is 5. The van der Waals surface area contributed by atoms with E-state index in [0.29, 0.717) is 58.1 Å². The minimum Gasteiger partial charge on any atom is -0.378 e. The molecular weight excluding hydrogens is 528 g/mol. The lowest BCUT2D eigenvalue weighted by Crippen LogP contribution is -2.32. The number of amides is 2. The maximum atomic E-state index is 11.6. The molecule has 0 bridgehead atoms. The zero-order valence-electron chi connectivity index (χ0n) is 22.6. The van der Waals surface area contributed by atoms with Crippen molar-refractivity contribution < 1.29 is 19.1 Å². The van der Waals surface area contributed by atoms with Crippen LogP contribution in [-0.4, -0.2) is 106 Å². The number of aromatic nitrogens is 6. The first-order valence-corrected chi connectivity index (χ1v) is 12.5. The van der Waals surface area contributed by atoms with Gasteiger partial charge in [0.25, 0.3) is 11.1 Å². The molecule has 220 valence electrons. The predicted molar refractivity (Wildman–Crippen MR) is 146 cm³/mol. The molecule has 3 rings (SSSR count). The Morgan fingerprint density at radius 3 is 2.52 bits per heavy atom. The zero-order chi connectivity index (χ0) is 29.3. The number of nitrogen functional groups attached to an aromatic ring is 1. The number of likely N-dealkylation sites (N-methyl/N-ethyl adjacent to an activating group) is 1. The first-order valence-electron chi connectivity index (χ1n) is 12.5. The molecule has 0 aliphatic heterocycles. The number of ether oxygens (including phenoxy) is 2. The second-order valence-corrected chi connectivity index (χ2v) is 8.56. The lowest BCUT2D eigenvalue weighted by atomic mass is 10.4. The van der Waals surface area contributed by atoms with Gasteiger partial charge in [-0.1, -0.05) is 0 Å². The molecule has 3 aromatic rings. The fourth-order valence-electron chi connectivity index (χ4n) is 3.14. The highest BCUT2D eigenvalue weighted by Gasteiger charge is 2.08. The third kappa shape index (κ3) is 11.6. The standard InChI is InChI=1S/C15H26N4O5.C8H10N6O2/c1-18(2)8-10-24-12-11-23-9-5-16-13(20)3-6-19-7-4-14(21)17-15(19)22;9-8-12-6-5(7(16)13-8)11-3-14(6)2-1-10-4-15/h4,7H,3,5-6,8-12H2,1-2H3,(H,16,20)(H,17,21,22);3-4H,1-2H2,(H,10,15)(H3,9,12,13,16). The second-order valence-electron chi connectivity index (χ2n) is 8.56. The van der Waals surface area contributed by atoms with Crippen molar-refractivity contribution in [2.24, 2.45) is 0 Å². The lowest BCUT2D eigenvalue weighted by Gasteiger charge is -2.10. The number of hydrogen-bond acceptors (Lipinski definition) is 11. The minimum absolute atomic E-state index is 0.0441. The summed E-state index contributed by atoms with van der Waals surface area (Å²) in [7, 11) is 3.96. The van der Waals surface area contributed by atoms with Crippen LogP contribution in [0.15, 0.2) is 33.0 Å². The number of rotatable bonds is 16. The van der Waals surface area contributed by atoms with Crippen LogP contribution in [0.25, 0.3) is 11.2 Å². The normalized spacial score (nSPS) is 10.8. The van der Waals surface area contributed by atoms with Crippen LogP contribution >= 0.6 is 0 Å². The highest BCUT2D eigenvalue weighted by molar-refractivity contribution is 5.75. The molecule has 0 atom stereocenters. The quantitative estimate of drug-likeness (QED) is 0.0875. The van der Waals surface area contributed by atoms with E-state index in [-0.39, 0.29) is 35.9 Å². The summed E-state index contributed by atoms with van der Waals surface area (Å²) in [6.45, 7) is 4.47. The van der Waals surface area contributed by atoms with E-state index in [9.17, 15) is 24.0 Å². The molecule has 40 heavy (non-hydrogen) atoms. The molecule has 3 heterocycles. The third-order valence-corrected chi connectivity index (χ3v) is 5.17. The van der Waals surface area contributed by atoms with Gasteiger partial charge >= 0.3 is 5.69 Å². The summed E-state index contributed by atoms with van der Waals surface area (Å²) in [4.78, 5) is 69.9. The number of anilines is 1. The topological polar surface area (TPSA) is 224 Å². The highest BCUT2D eigenvalue weighted by Crippen LogP contribution is 2.05. The molecule has 0 unspecified atom stereocenters. The van der Waals surface area contributed by atoms with Gasteiger partial charge in [0, 0.05) is 51.4 Å². The van der Waals surface area contributed by atoms with Crippen molar-refractivity contribution in [3.63, 3.8) is 0 Å². The van der Waals surface area contributed by atoms with Crippen LogP contribution in [0.1, 0.15) is 6.42 Å². The number of carbonyl (C=O) groups excluding carboxylic acids is 2. The minimum atomic E-state index is -0.520. The summed E-state index contributed by atoms with van der Waals surface area (Å²) < 4.78 is 13.6. The Morgan fingerprint density at radius 1 is 1.07 bits per heavy atom. The number of aryl methyl sites for hydroxylation is 1. The summed E-state index contributed by atoms with van der Waals surface area (Å²) in [5.41, 5.74) is 4.73. The van der Waals surface area contributed by atoms with Crippen molar-refractivity contribution >= 4 is 29.4 Å². The number of nitrogens with one attached hydrogen (secondary N) is 4. The Morgan fingerprint density at radius 2 is 1.82 bits per heavy atom. The van der Waals surface area contributed by atoms with Crippen LogP contribution in [0.2, 0.25) is 0 Å². The number of nitrogens with two attached hydrogens (primary N) is 1. The molecule has 0 aromatic carbocycles. The van der Waals surface area contributed by atoms with Crippen LogP contribution < -0.4 is 33.2 Å². The van der Waals surface area contributed by atoms with Crippen LogP contribution in [0.5, 0.6) is 0 Å². The number of carbonyl (C=O) groups is 2. The fourth-order valence-corrected chi connectivity index (χ4v) is 3.14. The smallest absolute Gasteiger partial charge is 0.328 e. The average molecular weight is 565 g/mol. The van der Waals surface area contributed by atoms with E-state index in [1.165, 1.54) is 23.2 Å². The van der Waals surface area contributed by atoms with Crippen LogP contribution in [0, 0.1) is 0 Å². The van der Waals surface area contributed by atoms with Gasteiger partial charge in [-0.25, -0.2) is 9.78 Å². The summed E-state index contributed by atoms with van der Waals surface area (Å²) in [5, 5.41) is 5.21. The molecule has 17 nitrogen and oxygen atoms in total. The molecule has 3 aromatic heterocycles. The average Bonchev–Trinajstić information content (AvgIpc) is 3.30. The first-order chi connectivity index (χ1) is 19.2. The first kappa shape index (κ1) is 31.9. The van der Waals surface area contributed by atoms with Gasteiger partial charge in [0.15, 0.2) is 11.2 Å². The molecule has 0 fully saturated rings. The number of H-pyrrole nitrogens is 2. The van der Waals surface area contributed by atoms with Gasteiger partial charge in [0.2, 0.25) is 18.3 Å². The maximum absolute atomic E-state index is 11.6. The van der Waals surface area contributed by atoms with Crippen molar-refractivity contribution in [3.8, 4) is 0 Å². The van der Waals surface area contributed by atoms with E-state index in [1.807, 2.05) is 19.0 Å². The van der Waals surface area contributed by atoms with Crippen LogP contribution in [-0.2, 0) is 32.2 Å². The van der Waals surface area contributed by atoms with Gasteiger partial charge in [-0.15, -0.1) is 0 Å². The summed E-state index contributed by atoms with van der Waals surface area (Å²) in [6.07, 6.45) is 3.61. The highest BCUT2D eigenvalue weighted by atomic mass is 16.5. The monoisotopic (exact) mass is 564 g/mol. The van der Waals surface area contributed by atoms with Gasteiger partial charge in [0.05, 0.1) is 32.8 Å². The van der Waals surface area contributed by atoms with Gasteiger partial charge < -0.3 is 39.9 Å². The van der Waals surface area contributed by atoms with Crippen molar-refractivity contribution in [3.05, 3.63) is 49.8 Å². The summed E-state index contributed by atoms with van der Waals surface area (Å²) in [6, 6.07) is 1.24. The van der Waals surface area contributed by atoms with E-state index in [4.69, 9.17) is 15.2 Å². The Labute approximate surface area is 228 Å². The molecule has 2 amide bonds. The molecule has 0 radical (unpaired) electrons. The van der Waals surface area contributed by atoms with Gasteiger partial charge in [0.1, 0.15) is 0 Å². The largest absolute Gasteiger partial charge is 0.378 e. The van der Waals surface area contributed by atoms with Crippen molar-refractivity contribution in [1.82, 2.24) is 44.6 Å². The number of fused-ring (bicyclic) bond motifs is 1.